The Hall–Kier alpha value is -2.21. The topological polar surface area (TPSA) is 89.6 Å². The molecule has 0 aromatic carbocycles. The summed E-state index contributed by atoms with van der Waals surface area (Å²) in [6, 6.07) is 1.89. The fraction of sp³-hybridized carbons (Fsp3) is 0.357. The molecule has 1 atom stereocenters. The van der Waals surface area contributed by atoms with Crippen molar-refractivity contribution in [2.75, 3.05) is 12.9 Å². The molecule has 146 valence electrons. The van der Waals surface area contributed by atoms with Gasteiger partial charge in [-0.25, -0.2) is 9.69 Å². The molecule has 0 aliphatic rings. The van der Waals surface area contributed by atoms with Crippen molar-refractivity contribution in [2.24, 2.45) is 10.1 Å². The number of nitrogens with zero attached hydrogens (tertiary/aromatic N) is 2. The van der Waals surface area contributed by atoms with Gasteiger partial charge < -0.3 is 5.73 Å². The van der Waals surface area contributed by atoms with Gasteiger partial charge in [0.25, 0.3) is 6.08 Å². The second-order valence-electron chi connectivity index (χ2n) is 5.00. The number of halogens is 5. The number of nitrogens with two attached hydrogens (primary N) is 1. The van der Waals surface area contributed by atoms with Crippen molar-refractivity contribution in [1.29, 1.82) is 0 Å². The zero-order valence-corrected chi connectivity index (χ0v) is 14.6. The Balaban J connectivity index is 2.88. The van der Waals surface area contributed by atoms with E-state index in [1.807, 2.05) is 0 Å². The third-order valence-corrected chi connectivity index (χ3v) is 4.91. The average molecular weight is 400 g/mol. The van der Waals surface area contributed by atoms with Gasteiger partial charge in [0.2, 0.25) is 5.96 Å². The fourth-order valence-corrected chi connectivity index (χ4v) is 2.72. The molecule has 0 aliphatic carbocycles. The molecule has 0 bridgehead atoms. The van der Waals surface area contributed by atoms with E-state index >= 15 is 0 Å². The van der Waals surface area contributed by atoms with Gasteiger partial charge in [-0.05, 0) is 25.5 Å². The van der Waals surface area contributed by atoms with Crippen LogP contribution in [0.4, 0.5) is 22.0 Å². The van der Waals surface area contributed by atoms with Crippen molar-refractivity contribution in [2.45, 2.75) is 19.5 Å². The quantitative estimate of drug-likeness (QED) is 0.146. The lowest BCUT2D eigenvalue weighted by Gasteiger charge is -2.10. The molecule has 0 aliphatic heterocycles. The lowest BCUT2D eigenvalue weighted by molar-refractivity contribution is -0.141. The van der Waals surface area contributed by atoms with Crippen LogP contribution >= 0.6 is 0 Å². The first kappa shape index (κ1) is 21.8. The second kappa shape index (κ2) is 8.94. The molecule has 3 N–H and O–H groups in total. The minimum absolute atomic E-state index is 0.0769. The van der Waals surface area contributed by atoms with Crippen LogP contribution in [0.1, 0.15) is 24.6 Å². The largest absolute Gasteiger partial charge is 0.433 e. The number of hydroxylamine groups is 1. The zero-order chi connectivity index (χ0) is 20.0. The molecule has 0 saturated carbocycles. The van der Waals surface area contributed by atoms with Crippen LogP contribution in [0.25, 0.3) is 0 Å². The number of nitrogens with one attached hydrogen (secondary N) is 1. The maximum absolute atomic E-state index is 12.6. The van der Waals surface area contributed by atoms with Crippen LogP contribution in [0.5, 0.6) is 0 Å². The first-order valence-electron chi connectivity index (χ1n) is 7.04. The van der Waals surface area contributed by atoms with E-state index in [0.29, 0.717) is 6.08 Å². The molecule has 1 rings (SSSR count). The van der Waals surface area contributed by atoms with Crippen LogP contribution in [-0.4, -0.2) is 32.9 Å². The summed E-state index contributed by atoms with van der Waals surface area (Å²) in [6.07, 6.45) is -3.68. The minimum Gasteiger partial charge on any atom is -0.367 e. The van der Waals surface area contributed by atoms with E-state index in [2.05, 4.69) is 14.9 Å². The van der Waals surface area contributed by atoms with Gasteiger partial charge in [-0.3, -0.25) is 9.82 Å². The highest BCUT2D eigenvalue weighted by Crippen LogP contribution is 2.27. The Morgan fingerprint density at radius 3 is 2.58 bits per heavy atom. The maximum Gasteiger partial charge on any atom is 0.433 e. The Morgan fingerprint density at radius 1 is 1.42 bits per heavy atom. The highest BCUT2D eigenvalue weighted by atomic mass is 32.2. The van der Waals surface area contributed by atoms with Gasteiger partial charge in [0.1, 0.15) is 5.69 Å². The third-order valence-electron chi connectivity index (χ3n) is 3.00. The zero-order valence-electron chi connectivity index (χ0n) is 13.8. The summed E-state index contributed by atoms with van der Waals surface area (Å²) in [4.78, 5) is 8.22. The summed E-state index contributed by atoms with van der Waals surface area (Å²) in [5, 5.41) is 0. The van der Waals surface area contributed by atoms with Crippen LogP contribution in [0, 0.1) is 0 Å². The molecule has 0 saturated heterocycles. The van der Waals surface area contributed by atoms with E-state index in [1.165, 1.54) is 13.2 Å². The van der Waals surface area contributed by atoms with Crippen molar-refractivity contribution in [1.82, 2.24) is 10.5 Å². The van der Waals surface area contributed by atoms with Crippen LogP contribution in [0.3, 0.4) is 0 Å². The number of hydrogen-bond acceptors (Lipinski definition) is 3. The number of alkyl halides is 3. The molecule has 0 radical (unpaired) electrons. The van der Waals surface area contributed by atoms with Crippen molar-refractivity contribution in [3.05, 3.63) is 41.7 Å². The summed E-state index contributed by atoms with van der Waals surface area (Å²) in [7, 11) is -3.08. The van der Waals surface area contributed by atoms with Crippen molar-refractivity contribution in [3.8, 4) is 0 Å². The Kier molecular flexibility index (Phi) is 7.51. The van der Waals surface area contributed by atoms with Gasteiger partial charge in [-0.1, -0.05) is 6.07 Å². The predicted octanol–water partition coefficient (Wildman–Crippen LogP) is 2.48. The highest BCUT2D eigenvalue weighted by molar-refractivity contribution is 8.01. The van der Waals surface area contributed by atoms with Gasteiger partial charge >= 0.3 is 6.18 Å². The number of hydrogen-bond donors (Lipinski definition) is 2. The second-order valence-corrected chi connectivity index (χ2v) is 7.40. The summed E-state index contributed by atoms with van der Waals surface area (Å²) in [5.74, 6) is -0.374. The maximum atomic E-state index is 12.6. The lowest BCUT2D eigenvalue weighted by Crippen LogP contribution is -2.33. The van der Waals surface area contributed by atoms with E-state index < -0.39 is 27.7 Å². The molecule has 1 heterocycles. The Bertz CT molecular complexity index is 793. The van der Waals surface area contributed by atoms with Crippen molar-refractivity contribution < 1.29 is 31.0 Å². The molecule has 0 amide bonds. The first-order chi connectivity index (χ1) is 11.9. The SMILES string of the molecule is CC(c1ccc(C(F)(F)F)nc1)=S(C)(=O)N=C(N)NOCCC=C(F)F. The predicted molar refractivity (Wildman–Crippen MR) is 88.7 cm³/mol. The molecule has 0 spiro atoms. The number of rotatable bonds is 6. The van der Waals surface area contributed by atoms with Gasteiger partial charge in [0.15, 0.2) is 0 Å². The fourth-order valence-electron chi connectivity index (χ4n) is 1.62. The molecule has 26 heavy (non-hydrogen) atoms. The number of aromatic nitrogens is 1. The van der Waals surface area contributed by atoms with Crippen molar-refractivity contribution >= 4 is 20.5 Å². The average Bonchev–Trinajstić information content (AvgIpc) is 2.52. The summed E-state index contributed by atoms with van der Waals surface area (Å²) < 4.78 is 77.5. The summed E-state index contributed by atoms with van der Waals surface area (Å²) in [5.41, 5.74) is 6.76. The minimum atomic E-state index is -4.58. The standard InChI is InChI=1S/C14H17F5N4O2S/c1-9(10-5-6-11(21-8-10)14(17,18)19)26(2,24)23-13(20)22-25-7-3-4-12(15)16/h4-6,8H,3,7H2,1-2H3,(H3,20,22,23,24). The molecular formula is C14H17F5N4O2S. The van der Waals surface area contributed by atoms with E-state index in [4.69, 9.17) is 10.6 Å². The van der Waals surface area contributed by atoms with E-state index in [9.17, 15) is 26.2 Å². The van der Waals surface area contributed by atoms with Gasteiger partial charge in [0, 0.05) is 22.9 Å². The molecule has 1 unspecified atom stereocenters. The third kappa shape index (κ3) is 6.96. The van der Waals surface area contributed by atoms with E-state index in [0.717, 1.165) is 18.3 Å². The molecule has 1 aromatic heterocycles. The van der Waals surface area contributed by atoms with Crippen molar-refractivity contribution in [3.63, 3.8) is 0 Å². The molecule has 0 fully saturated rings. The van der Waals surface area contributed by atoms with Crippen LogP contribution in [-0.2, 0) is 20.7 Å². The normalized spacial score (nSPS) is 14.5. The molecule has 6 nitrogen and oxygen atoms in total. The van der Waals surface area contributed by atoms with Crippen LogP contribution in [0.15, 0.2) is 34.9 Å². The first-order valence-corrected chi connectivity index (χ1v) is 8.96. The van der Waals surface area contributed by atoms with Gasteiger partial charge in [-0.2, -0.15) is 26.3 Å². The van der Waals surface area contributed by atoms with E-state index in [1.54, 1.807) is 0 Å². The molecule has 1 aromatic rings. The smallest absolute Gasteiger partial charge is 0.367 e. The summed E-state index contributed by atoms with van der Waals surface area (Å²) >= 11 is 0. The van der Waals surface area contributed by atoms with Gasteiger partial charge in [-0.15, -0.1) is 0 Å². The van der Waals surface area contributed by atoms with Crippen LogP contribution < -0.4 is 11.2 Å². The number of pyridine rings is 1. The summed E-state index contributed by atoms with van der Waals surface area (Å²) in [6.45, 7) is 1.28. The van der Waals surface area contributed by atoms with Crippen LogP contribution in [0.2, 0.25) is 0 Å². The lowest BCUT2D eigenvalue weighted by atomic mass is 10.2. The molecule has 12 heteroatoms. The van der Waals surface area contributed by atoms with Gasteiger partial charge in [0.05, 0.1) is 16.3 Å². The molecular weight excluding hydrogens is 383 g/mol. The Labute approximate surface area is 147 Å². The highest BCUT2D eigenvalue weighted by Gasteiger charge is 2.32. The monoisotopic (exact) mass is 400 g/mol. The Morgan fingerprint density at radius 2 is 2.08 bits per heavy atom. The number of guanidine groups is 1. The van der Waals surface area contributed by atoms with E-state index in [-0.39, 0.29) is 29.4 Å².